The number of nitrogens with zero attached hydrogens (tertiary/aromatic N) is 2. The number of benzene rings is 2. The highest BCUT2D eigenvalue weighted by molar-refractivity contribution is 7.89. The Labute approximate surface area is 213 Å². The number of nitrogens with one attached hydrogen (secondary N) is 2. The van der Waals surface area contributed by atoms with Crippen molar-refractivity contribution < 1.29 is 13.2 Å². The molecule has 178 valence electrons. The van der Waals surface area contributed by atoms with Crippen LogP contribution < -0.4 is 10.0 Å². The summed E-state index contributed by atoms with van der Waals surface area (Å²) in [6, 6.07) is 15.6. The van der Waals surface area contributed by atoms with Crippen LogP contribution in [0.25, 0.3) is 0 Å². The van der Waals surface area contributed by atoms with E-state index in [1.807, 2.05) is 30.3 Å². The molecule has 2 unspecified atom stereocenters. The highest BCUT2D eigenvalue weighted by atomic mass is 35.5. The number of carbonyl (C=O) groups is 1. The van der Waals surface area contributed by atoms with Crippen molar-refractivity contribution in [2.75, 3.05) is 0 Å². The van der Waals surface area contributed by atoms with Gasteiger partial charge in [-0.15, -0.1) is 0 Å². The van der Waals surface area contributed by atoms with E-state index in [0.29, 0.717) is 5.69 Å². The van der Waals surface area contributed by atoms with Crippen LogP contribution in [0.1, 0.15) is 30.6 Å². The van der Waals surface area contributed by atoms with E-state index < -0.39 is 22.0 Å². The fourth-order valence-corrected chi connectivity index (χ4v) is 6.23. The van der Waals surface area contributed by atoms with Gasteiger partial charge in [0.15, 0.2) is 0 Å². The smallest absolute Gasteiger partial charge is 0.244 e. The number of carbonyl (C=O) groups excluding carboxylic acids is 1. The molecule has 34 heavy (non-hydrogen) atoms. The zero-order valence-electron chi connectivity index (χ0n) is 18.0. The maximum Gasteiger partial charge on any atom is 0.244 e. The van der Waals surface area contributed by atoms with Crippen molar-refractivity contribution in [3.8, 4) is 6.07 Å². The van der Waals surface area contributed by atoms with E-state index in [4.69, 9.17) is 34.8 Å². The van der Waals surface area contributed by atoms with Gasteiger partial charge < -0.3 is 9.88 Å². The summed E-state index contributed by atoms with van der Waals surface area (Å²) in [5, 5.41) is 11.9. The van der Waals surface area contributed by atoms with Crippen molar-refractivity contribution in [2.45, 2.75) is 36.9 Å². The second-order valence-corrected chi connectivity index (χ2v) is 10.5. The van der Waals surface area contributed by atoms with Crippen molar-refractivity contribution in [1.29, 1.82) is 5.26 Å². The third-order valence-electron chi connectivity index (χ3n) is 5.10. The lowest BCUT2D eigenvalue weighted by molar-refractivity contribution is -0.123. The molecule has 2 aromatic carbocycles. The Morgan fingerprint density at radius 2 is 1.74 bits per heavy atom. The molecule has 2 atom stereocenters. The van der Waals surface area contributed by atoms with Crippen molar-refractivity contribution in [2.24, 2.45) is 0 Å². The Bertz CT molecular complexity index is 1300. The van der Waals surface area contributed by atoms with Crippen LogP contribution >= 0.6 is 34.8 Å². The van der Waals surface area contributed by atoms with E-state index in [0.717, 1.165) is 5.56 Å². The van der Waals surface area contributed by atoms with E-state index in [9.17, 15) is 18.5 Å². The number of sulfonamides is 1. The molecule has 2 N–H and O–H groups in total. The first-order chi connectivity index (χ1) is 16.1. The van der Waals surface area contributed by atoms with Crippen LogP contribution in [-0.2, 0) is 21.4 Å². The highest BCUT2D eigenvalue weighted by Crippen LogP contribution is 2.33. The first-order valence-corrected chi connectivity index (χ1v) is 12.8. The van der Waals surface area contributed by atoms with Crippen LogP contribution in [0.3, 0.4) is 0 Å². The lowest BCUT2D eigenvalue weighted by Gasteiger charge is -2.24. The van der Waals surface area contributed by atoms with Gasteiger partial charge in [-0.3, -0.25) is 4.79 Å². The normalized spacial score (nSPS) is 13.1. The molecule has 0 fully saturated rings. The fraction of sp³-hybridized carbons (Fsp3) is 0.217. The topological polar surface area (TPSA) is 104 Å². The third-order valence-corrected chi connectivity index (χ3v) is 7.71. The minimum absolute atomic E-state index is 0.0615. The van der Waals surface area contributed by atoms with Gasteiger partial charge in [-0.05, 0) is 43.2 Å². The number of rotatable bonds is 9. The molecule has 1 aromatic heterocycles. The number of amides is 1. The molecule has 3 aromatic rings. The molecule has 0 radical (unpaired) electrons. The molecule has 1 heterocycles. The predicted molar refractivity (Wildman–Crippen MR) is 132 cm³/mol. The molecule has 0 saturated carbocycles. The summed E-state index contributed by atoms with van der Waals surface area (Å²) in [5.74, 6) is -0.536. The van der Waals surface area contributed by atoms with Gasteiger partial charge in [0.05, 0.1) is 10.0 Å². The first kappa shape index (κ1) is 26.1. The molecular formula is C23H21Cl3N4O3S. The lowest BCUT2D eigenvalue weighted by Crippen LogP contribution is -2.47. The van der Waals surface area contributed by atoms with Crippen LogP contribution in [0.15, 0.2) is 65.7 Å². The third kappa shape index (κ3) is 6.32. The van der Waals surface area contributed by atoms with Gasteiger partial charge in [0.25, 0.3) is 0 Å². The Hall–Kier alpha value is -2.54. The van der Waals surface area contributed by atoms with E-state index in [1.165, 1.54) is 12.1 Å². The van der Waals surface area contributed by atoms with Crippen LogP contribution in [0.2, 0.25) is 15.1 Å². The Balaban J connectivity index is 1.89. The summed E-state index contributed by atoms with van der Waals surface area (Å²) in [5.41, 5.74) is 1.24. The quantitative estimate of drug-likeness (QED) is 0.402. The number of hydrogen-bond acceptors (Lipinski definition) is 4. The number of hydrogen-bond donors (Lipinski definition) is 2. The summed E-state index contributed by atoms with van der Waals surface area (Å²) >= 11 is 18.1. The van der Waals surface area contributed by atoms with Gasteiger partial charge in [-0.25, -0.2) is 8.42 Å². The lowest BCUT2D eigenvalue weighted by atomic mass is 10.1. The zero-order chi connectivity index (χ0) is 24.9. The second-order valence-electron chi connectivity index (χ2n) is 7.57. The number of nitriles is 1. The minimum atomic E-state index is -4.30. The molecule has 3 rings (SSSR count). The van der Waals surface area contributed by atoms with E-state index >= 15 is 0 Å². The van der Waals surface area contributed by atoms with E-state index in [2.05, 4.69) is 16.1 Å². The molecule has 0 aliphatic rings. The molecule has 0 aliphatic heterocycles. The predicted octanol–water partition coefficient (Wildman–Crippen LogP) is 4.93. The summed E-state index contributed by atoms with van der Waals surface area (Å²) in [6.07, 6.45) is 1.76. The molecule has 0 saturated heterocycles. The van der Waals surface area contributed by atoms with Gasteiger partial charge in [0.2, 0.25) is 15.9 Å². The SMILES string of the molecule is CC(CC(NS(=O)(=O)c1c(Cl)cc(Cl)cc1Cl)C(=O)NCc1ccccc1)n1cccc1C#N. The summed E-state index contributed by atoms with van der Waals surface area (Å²) in [6.45, 7) is 2.00. The van der Waals surface area contributed by atoms with Gasteiger partial charge in [0.1, 0.15) is 22.7 Å². The average molecular weight is 540 g/mol. The molecule has 0 spiro atoms. The van der Waals surface area contributed by atoms with Crippen LogP contribution in [-0.4, -0.2) is 24.9 Å². The van der Waals surface area contributed by atoms with Crippen LogP contribution in [0.5, 0.6) is 0 Å². The van der Waals surface area contributed by atoms with Crippen molar-refractivity contribution >= 4 is 50.7 Å². The van der Waals surface area contributed by atoms with Crippen molar-refractivity contribution in [1.82, 2.24) is 14.6 Å². The number of aromatic nitrogens is 1. The fourth-order valence-electron chi connectivity index (χ4n) is 3.48. The minimum Gasteiger partial charge on any atom is -0.351 e. The summed E-state index contributed by atoms with van der Waals surface area (Å²) in [7, 11) is -4.30. The first-order valence-electron chi connectivity index (χ1n) is 10.2. The van der Waals surface area contributed by atoms with Gasteiger partial charge in [-0.1, -0.05) is 65.1 Å². The second kappa shape index (κ2) is 11.3. The zero-order valence-corrected chi connectivity index (χ0v) is 21.1. The Morgan fingerprint density at radius 1 is 1.09 bits per heavy atom. The highest BCUT2D eigenvalue weighted by Gasteiger charge is 2.31. The van der Waals surface area contributed by atoms with Crippen molar-refractivity contribution in [3.05, 3.63) is 87.1 Å². The summed E-state index contributed by atoms with van der Waals surface area (Å²) in [4.78, 5) is 12.7. The standard InChI is InChI=1S/C23H21Cl3N4O3S/c1-15(30-9-5-8-18(30)13-27)10-21(23(31)28-14-16-6-3-2-4-7-16)29-34(32,33)22-19(25)11-17(24)12-20(22)26/h2-9,11-12,15,21,29H,10,14H2,1H3,(H,28,31). The maximum absolute atomic E-state index is 13.2. The molecular weight excluding hydrogens is 519 g/mol. The molecule has 0 bridgehead atoms. The Kier molecular flexibility index (Phi) is 8.63. The number of halogens is 3. The van der Waals surface area contributed by atoms with Gasteiger partial charge in [0, 0.05) is 23.8 Å². The van der Waals surface area contributed by atoms with Crippen LogP contribution in [0, 0.1) is 11.3 Å². The molecule has 0 aliphatic carbocycles. The summed E-state index contributed by atoms with van der Waals surface area (Å²) < 4.78 is 30.5. The van der Waals surface area contributed by atoms with Crippen LogP contribution in [0.4, 0.5) is 0 Å². The van der Waals surface area contributed by atoms with Gasteiger partial charge >= 0.3 is 0 Å². The van der Waals surface area contributed by atoms with Gasteiger partial charge in [-0.2, -0.15) is 9.98 Å². The van der Waals surface area contributed by atoms with E-state index in [-0.39, 0.29) is 39.0 Å². The molecule has 7 nitrogen and oxygen atoms in total. The maximum atomic E-state index is 13.2. The van der Waals surface area contributed by atoms with Crippen molar-refractivity contribution in [3.63, 3.8) is 0 Å². The molecule has 11 heteroatoms. The monoisotopic (exact) mass is 538 g/mol. The average Bonchev–Trinajstić information content (AvgIpc) is 3.25. The Morgan fingerprint density at radius 3 is 2.35 bits per heavy atom. The van der Waals surface area contributed by atoms with E-state index in [1.54, 1.807) is 29.8 Å². The molecule has 1 amide bonds. The largest absolute Gasteiger partial charge is 0.351 e.